The zero-order valence-electron chi connectivity index (χ0n) is 10.5. The molecule has 0 aliphatic carbocycles. The minimum atomic E-state index is 0.717. The molecule has 2 rings (SSSR count). The summed E-state index contributed by atoms with van der Waals surface area (Å²) < 4.78 is 5.86. The van der Waals surface area contributed by atoms with Crippen molar-refractivity contribution >= 4 is 5.69 Å². The second kappa shape index (κ2) is 5.92. The summed E-state index contributed by atoms with van der Waals surface area (Å²) in [5.74, 6) is 1.66. The maximum absolute atomic E-state index is 5.86. The van der Waals surface area contributed by atoms with Crippen molar-refractivity contribution in [1.29, 1.82) is 0 Å². The first-order valence-corrected chi connectivity index (χ1v) is 5.98. The molecule has 0 amide bonds. The highest BCUT2D eigenvalue weighted by Gasteiger charge is 2.02. The summed E-state index contributed by atoms with van der Waals surface area (Å²) in [6.45, 7) is 6.47. The zero-order chi connectivity index (χ0) is 12.8. The third-order valence-corrected chi connectivity index (χ3v) is 2.57. The predicted octanol–water partition coefficient (Wildman–Crippen LogP) is 4.39. The molecule has 0 radical (unpaired) electrons. The standard InChI is InChI=1S/C16H17NO/c1-3-12-17-15-6-4-5-7-16(15)18-14-10-8-13(2)9-11-14/h3-11,17H,1,12H2,2H3. The minimum Gasteiger partial charge on any atom is -0.455 e. The lowest BCUT2D eigenvalue weighted by atomic mass is 10.2. The van der Waals surface area contributed by atoms with Crippen LogP contribution in [0.15, 0.2) is 61.2 Å². The summed E-state index contributed by atoms with van der Waals surface area (Å²) >= 11 is 0. The molecular formula is C16H17NO. The molecule has 1 N–H and O–H groups in total. The highest BCUT2D eigenvalue weighted by Crippen LogP contribution is 2.29. The van der Waals surface area contributed by atoms with Gasteiger partial charge >= 0.3 is 0 Å². The molecule has 0 aromatic heterocycles. The summed E-state index contributed by atoms with van der Waals surface area (Å²) in [6.07, 6.45) is 1.82. The summed E-state index contributed by atoms with van der Waals surface area (Å²) in [4.78, 5) is 0. The molecule has 2 aromatic rings. The monoisotopic (exact) mass is 239 g/mol. The van der Waals surface area contributed by atoms with Gasteiger partial charge < -0.3 is 10.1 Å². The predicted molar refractivity (Wildman–Crippen MR) is 76.4 cm³/mol. The van der Waals surface area contributed by atoms with Gasteiger partial charge in [0.05, 0.1) is 5.69 Å². The van der Waals surface area contributed by atoms with Gasteiger partial charge in [0, 0.05) is 6.54 Å². The van der Waals surface area contributed by atoms with Crippen LogP contribution in [-0.2, 0) is 0 Å². The van der Waals surface area contributed by atoms with Crippen LogP contribution in [-0.4, -0.2) is 6.54 Å². The second-order valence-corrected chi connectivity index (χ2v) is 4.08. The van der Waals surface area contributed by atoms with Gasteiger partial charge in [-0.05, 0) is 31.2 Å². The highest BCUT2D eigenvalue weighted by molar-refractivity contribution is 5.57. The summed E-state index contributed by atoms with van der Waals surface area (Å²) in [6, 6.07) is 15.9. The van der Waals surface area contributed by atoms with Crippen LogP contribution >= 0.6 is 0 Å². The molecule has 0 saturated carbocycles. The molecule has 0 aliphatic rings. The van der Waals surface area contributed by atoms with E-state index in [-0.39, 0.29) is 0 Å². The van der Waals surface area contributed by atoms with Crippen LogP contribution in [0.25, 0.3) is 0 Å². The van der Waals surface area contributed by atoms with Crippen LogP contribution < -0.4 is 10.1 Å². The van der Waals surface area contributed by atoms with Crippen LogP contribution in [0, 0.1) is 6.92 Å². The summed E-state index contributed by atoms with van der Waals surface area (Å²) in [5.41, 5.74) is 2.19. The molecule has 0 heterocycles. The van der Waals surface area contributed by atoms with Crippen LogP contribution in [0.3, 0.4) is 0 Å². The second-order valence-electron chi connectivity index (χ2n) is 4.08. The maximum Gasteiger partial charge on any atom is 0.150 e. The van der Waals surface area contributed by atoms with E-state index < -0.39 is 0 Å². The molecule has 0 spiro atoms. The normalized spacial score (nSPS) is 9.83. The lowest BCUT2D eigenvalue weighted by Gasteiger charge is -2.12. The van der Waals surface area contributed by atoms with E-state index in [1.807, 2.05) is 54.6 Å². The molecule has 0 bridgehead atoms. The number of benzene rings is 2. The molecule has 2 heteroatoms. The first-order valence-electron chi connectivity index (χ1n) is 5.98. The number of hydrogen-bond acceptors (Lipinski definition) is 2. The van der Waals surface area contributed by atoms with Crippen LogP contribution in [0.2, 0.25) is 0 Å². The van der Waals surface area contributed by atoms with Gasteiger partial charge in [0.15, 0.2) is 5.75 Å². The third kappa shape index (κ3) is 3.14. The fourth-order valence-electron chi connectivity index (χ4n) is 1.62. The van der Waals surface area contributed by atoms with E-state index in [1.165, 1.54) is 5.56 Å². The van der Waals surface area contributed by atoms with Gasteiger partial charge in [-0.15, -0.1) is 6.58 Å². The fourth-order valence-corrected chi connectivity index (χ4v) is 1.62. The molecule has 2 aromatic carbocycles. The molecule has 0 atom stereocenters. The first kappa shape index (κ1) is 12.2. The van der Waals surface area contributed by atoms with Crippen LogP contribution in [0.4, 0.5) is 5.69 Å². The third-order valence-electron chi connectivity index (χ3n) is 2.57. The Hall–Kier alpha value is -2.22. The molecule has 0 unspecified atom stereocenters. The Balaban J connectivity index is 2.17. The van der Waals surface area contributed by atoms with E-state index in [1.54, 1.807) is 0 Å². The maximum atomic E-state index is 5.86. The number of para-hydroxylation sites is 2. The van der Waals surface area contributed by atoms with Crippen molar-refractivity contribution in [2.45, 2.75) is 6.92 Å². The smallest absolute Gasteiger partial charge is 0.150 e. The van der Waals surface area contributed by atoms with Gasteiger partial charge in [0.2, 0.25) is 0 Å². The molecular weight excluding hydrogens is 222 g/mol. The highest BCUT2D eigenvalue weighted by atomic mass is 16.5. The van der Waals surface area contributed by atoms with E-state index in [9.17, 15) is 0 Å². The molecule has 18 heavy (non-hydrogen) atoms. The quantitative estimate of drug-likeness (QED) is 0.781. The Morgan fingerprint density at radius 2 is 1.83 bits per heavy atom. The molecule has 0 saturated heterocycles. The Kier molecular flexibility index (Phi) is 4.02. The number of hydrogen-bond donors (Lipinski definition) is 1. The average Bonchev–Trinajstić information content (AvgIpc) is 2.40. The van der Waals surface area contributed by atoms with Crippen LogP contribution in [0.5, 0.6) is 11.5 Å². The van der Waals surface area contributed by atoms with E-state index in [4.69, 9.17) is 4.74 Å². The number of rotatable bonds is 5. The van der Waals surface area contributed by atoms with Gasteiger partial charge in [0.1, 0.15) is 5.75 Å². The largest absolute Gasteiger partial charge is 0.455 e. The van der Waals surface area contributed by atoms with Crippen molar-refractivity contribution < 1.29 is 4.74 Å². The lowest BCUT2D eigenvalue weighted by Crippen LogP contribution is -1.99. The first-order chi connectivity index (χ1) is 8.79. The van der Waals surface area contributed by atoms with E-state index >= 15 is 0 Å². The summed E-state index contributed by atoms with van der Waals surface area (Å²) in [7, 11) is 0. The van der Waals surface area contributed by atoms with Crippen LogP contribution in [0.1, 0.15) is 5.56 Å². The number of anilines is 1. The molecule has 0 aliphatic heterocycles. The Labute approximate surface area is 108 Å². The van der Waals surface area contributed by atoms with Crippen molar-refractivity contribution in [3.05, 3.63) is 66.7 Å². The Morgan fingerprint density at radius 3 is 2.56 bits per heavy atom. The Morgan fingerprint density at radius 1 is 1.11 bits per heavy atom. The van der Waals surface area contributed by atoms with Crippen molar-refractivity contribution in [1.82, 2.24) is 0 Å². The number of aryl methyl sites for hydroxylation is 1. The molecule has 0 fully saturated rings. The van der Waals surface area contributed by atoms with Crippen molar-refractivity contribution in [2.75, 3.05) is 11.9 Å². The number of nitrogens with one attached hydrogen (secondary N) is 1. The van der Waals surface area contributed by atoms with Crippen molar-refractivity contribution in [3.8, 4) is 11.5 Å². The Bertz CT molecular complexity index is 517. The summed E-state index contributed by atoms with van der Waals surface area (Å²) in [5, 5.41) is 3.25. The zero-order valence-corrected chi connectivity index (χ0v) is 10.5. The topological polar surface area (TPSA) is 21.3 Å². The van der Waals surface area contributed by atoms with E-state index in [0.29, 0.717) is 6.54 Å². The average molecular weight is 239 g/mol. The SMILES string of the molecule is C=CCNc1ccccc1Oc1ccc(C)cc1. The molecule has 2 nitrogen and oxygen atoms in total. The van der Waals surface area contributed by atoms with Crippen molar-refractivity contribution in [3.63, 3.8) is 0 Å². The number of ether oxygens (including phenoxy) is 1. The van der Waals surface area contributed by atoms with Gasteiger partial charge in [0.25, 0.3) is 0 Å². The van der Waals surface area contributed by atoms with Crippen molar-refractivity contribution in [2.24, 2.45) is 0 Å². The van der Waals surface area contributed by atoms with E-state index in [2.05, 4.69) is 18.8 Å². The molecule has 92 valence electrons. The lowest BCUT2D eigenvalue weighted by molar-refractivity contribution is 0.484. The minimum absolute atomic E-state index is 0.717. The fraction of sp³-hybridized carbons (Fsp3) is 0.125. The van der Waals surface area contributed by atoms with Gasteiger partial charge in [-0.2, -0.15) is 0 Å². The van der Waals surface area contributed by atoms with Gasteiger partial charge in [-0.3, -0.25) is 0 Å². The van der Waals surface area contributed by atoms with Gasteiger partial charge in [-0.25, -0.2) is 0 Å². The van der Waals surface area contributed by atoms with E-state index in [0.717, 1.165) is 17.2 Å². The van der Waals surface area contributed by atoms with Gasteiger partial charge in [-0.1, -0.05) is 35.9 Å².